The minimum atomic E-state index is -0.356. The molecule has 1 amide bonds. The minimum absolute atomic E-state index is 0.0831. The fourth-order valence-electron chi connectivity index (χ4n) is 2.84. The molecule has 0 bridgehead atoms. The molecule has 0 radical (unpaired) electrons. The van der Waals surface area contributed by atoms with Crippen LogP contribution in [0.1, 0.15) is 16.6 Å². The first-order chi connectivity index (χ1) is 13.8. The number of carbonyl (C=O) groups is 1. The number of morpholine rings is 1. The highest BCUT2D eigenvalue weighted by molar-refractivity contribution is 8.01. The third-order valence-corrected chi connectivity index (χ3v) is 6.48. The number of thioether (sulfide) groups is 1. The van der Waals surface area contributed by atoms with Crippen molar-refractivity contribution in [3.63, 3.8) is 0 Å². The van der Waals surface area contributed by atoms with E-state index >= 15 is 0 Å². The van der Waals surface area contributed by atoms with Crippen molar-refractivity contribution in [3.05, 3.63) is 60.1 Å². The van der Waals surface area contributed by atoms with E-state index in [0.29, 0.717) is 38.0 Å². The lowest BCUT2D eigenvalue weighted by molar-refractivity contribution is -0.134. The quantitative estimate of drug-likeness (QED) is 0.591. The molecular weight excluding hydrogens is 396 g/mol. The Kier molecular flexibility index (Phi) is 6.25. The van der Waals surface area contributed by atoms with Crippen LogP contribution in [0, 0.1) is 0 Å². The van der Waals surface area contributed by atoms with Crippen molar-refractivity contribution in [2.75, 3.05) is 31.6 Å². The van der Waals surface area contributed by atoms with E-state index in [4.69, 9.17) is 9.15 Å². The van der Waals surface area contributed by atoms with Crippen molar-refractivity contribution in [1.29, 1.82) is 0 Å². The van der Waals surface area contributed by atoms with Gasteiger partial charge in [-0.25, -0.2) is 0 Å². The summed E-state index contributed by atoms with van der Waals surface area (Å²) < 4.78 is 11.4. The zero-order valence-electron chi connectivity index (χ0n) is 15.1. The maximum atomic E-state index is 13.2. The Bertz CT molecular complexity index is 880. The van der Waals surface area contributed by atoms with Gasteiger partial charge >= 0.3 is 0 Å². The largest absolute Gasteiger partial charge is 0.467 e. The number of ether oxygens (including phenoxy) is 1. The second-order valence-corrected chi connectivity index (χ2v) is 8.48. The van der Waals surface area contributed by atoms with Gasteiger partial charge in [0.15, 0.2) is 4.34 Å². The molecule has 9 heteroatoms. The zero-order valence-corrected chi connectivity index (χ0v) is 16.7. The van der Waals surface area contributed by atoms with Crippen LogP contribution < -0.4 is 5.32 Å². The summed E-state index contributed by atoms with van der Waals surface area (Å²) in [6.07, 6.45) is 1.64. The van der Waals surface area contributed by atoms with Gasteiger partial charge < -0.3 is 19.4 Å². The summed E-state index contributed by atoms with van der Waals surface area (Å²) >= 11 is 2.87. The van der Waals surface area contributed by atoms with Crippen LogP contribution in [-0.2, 0) is 16.1 Å². The molecule has 0 unspecified atom stereocenters. The molecule has 1 atom stereocenters. The summed E-state index contributed by atoms with van der Waals surface area (Å²) in [5.41, 5.74) is 0.962. The second kappa shape index (κ2) is 9.22. The average Bonchev–Trinajstić information content (AvgIpc) is 3.43. The SMILES string of the molecule is O=C([C@H](Sc1nnc(NCc2ccco2)s1)c1ccccc1)N1CCOCC1. The van der Waals surface area contributed by atoms with Crippen molar-refractivity contribution in [2.24, 2.45) is 0 Å². The standard InChI is InChI=1S/C19H20N4O3S2/c24-17(23-8-11-25-12-9-23)16(14-5-2-1-3-6-14)27-19-22-21-18(28-19)20-13-15-7-4-10-26-15/h1-7,10,16H,8-9,11-13H2,(H,20,21)/t16-/m1/s1. The molecule has 146 valence electrons. The molecule has 4 rings (SSSR count). The van der Waals surface area contributed by atoms with Gasteiger partial charge in [-0.2, -0.15) is 0 Å². The van der Waals surface area contributed by atoms with Gasteiger partial charge in [-0.3, -0.25) is 4.79 Å². The maximum absolute atomic E-state index is 13.2. The van der Waals surface area contributed by atoms with E-state index in [1.165, 1.54) is 23.1 Å². The van der Waals surface area contributed by atoms with E-state index in [0.717, 1.165) is 15.7 Å². The maximum Gasteiger partial charge on any atom is 0.240 e. The van der Waals surface area contributed by atoms with Gasteiger partial charge in [0, 0.05) is 13.1 Å². The van der Waals surface area contributed by atoms with Crippen molar-refractivity contribution in [1.82, 2.24) is 15.1 Å². The number of anilines is 1. The molecule has 0 spiro atoms. The first-order valence-electron chi connectivity index (χ1n) is 8.97. The molecule has 2 aromatic heterocycles. The number of rotatable bonds is 7. The lowest BCUT2D eigenvalue weighted by Gasteiger charge is -2.30. The van der Waals surface area contributed by atoms with Crippen LogP contribution in [0.15, 0.2) is 57.5 Å². The highest BCUT2D eigenvalue weighted by Crippen LogP contribution is 2.39. The van der Waals surface area contributed by atoms with E-state index in [9.17, 15) is 4.79 Å². The summed E-state index contributed by atoms with van der Waals surface area (Å²) in [5.74, 6) is 0.911. The number of furan rings is 1. The molecule has 1 aliphatic rings. The summed E-state index contributed by atoms with van der Waals surface area (Å²) in [4.78, 5) is 15.0. The van der Waals surface area contributed by atoms with Gasteiger partial charge in [0.05, 0.1) is 26.0 Å². The summed E-state index contributed by atoms with van der Waals surface area (Å²) in [5, 5.41) is 12.0. The highest BCUT2D eigenvalue weighted by atomic mass is 32.2. The molecule has 28 heavy (non-hydrogen) atoms. The molecule has 1 aromatic carbocycles. The van der Waals surface area contributed by atoms with Crippen LogP contribution >= 0.6 is 23.1 Å². The van der Waals surface area contributed by atoms with Gasteiger partial charge in [0.2, 0.25) is 11.0 Å². The molecular formula is C19H20N4O3S2. The molecule has 0 saturated carbocycles. The minimum Gasteiger partial charge on any atom is -0.467 e. The monoisotopic (exact) mass is 416 g/mol. The number of carbonyl (C=O) groups excluding carboxylic acids is 1. The van der Waals surface area contributed by atoms with Crippen LogP contribution in [0.2, 0.25) is 0 Å². The molecule has 3 heterocycles. The van der Waals surface area contributed by atoms with E-state index in [2.05, 4.69) is 15.5 Å². The van der Waals surface area contributed by atoms with Crippen LogP contribution in [0.5, 0.6) is 0 Å². The number of nitrogens with zero attached hydrogens (tertiary/aromatic N) is 3. The lowest BCUT2D eigenvalue weighted by Crippen LogP contribution is -2.42. The Morgan fingerprint density at radius 1 is 1.18 bits per heavy atom. The van der Waals surface area contributed by atoms with Gasteiger partial charge in [-0.15, -0.1) is 10.2 Å². The number of nitrogens with one attached hydrogen (secondary N) is 1. The molecule has 1 fully saturated rings. The van der Waals surface area contributed by atoms with Crippen molar-refractivity contribution >= 4 is 34.1 Å². The Morgan fingerprint density at radius 2 is 2.00 bits per heavy atom. The normalized spacial score (nSPS) is 15.4. The van der Waals surface area contributed by atoms with Crippen molar-refractivity contribution < 1.29 is 13.9 Å². The summed E-state index contributed by atoms with van der Waals surface area (Å²) in [6.45, 7) is 2.94. The molecule has 1 saturated heterocycles. The van der Waals surface area contributed by atoms with Crippen LogP contribution in [0.3, 0.4) is 0 Å². The molecule has 1 aliphatic heterocycles. The molecule has 0 aliphatic carbocycles. The van der Waals surface area contributed by atoms with Gasteiger partial charge in [0.25, 0.3) is 0 Å². The van der Waals surface area contributed by atoms with Gasteiger partial charge in [-0.1, -0.05) is 53.4 Å². The topological polar surface area (TPSA) is 80.5 Å². The van der Waals surface area contributed by atoms with E-state index in [1.807, 2.05) is 47.4 Å². The number of hydrogen-bond acceptors (Lipinski definition) is 8. The zero-order chi connectivity index (χ0) is 19.2. The first kappa shape index (κ1) is 19.0. The Hall–Kier alpha value is -2.36. The fourth-order valence-corrected chi connectivity index (χ4v) is 4.87. The smallest absolute Gasteiger partial charge is 0.240 e. The molecule has 1 N–H and O–H groups in total. The number of benzene rings is 1. The average molecular weight is 417 g/mol. The summed E-state index contributed by atoms with van der Waals surface area (Å²) in [6, 6.07) is 13.6. The van der Waals surface area contributed by atoms with Crippen LogP contribution in [0.4, 0.5) is 5.13 Å². The van der Waals surface area contributed by atoms with E-state index < -0.39 is 0 Å². The fraction of sp³-hybridized carbons (Fsp3) is 0.316. The number of hydrogen-bond donors (Lipinski definition) is 1. The van der Waals surface area contributed by atoms with Crippen molar-refractivity contribution in [2.45, 2.75) is 16.1 Å². The lowest BCUT2D eigenvalue weighted by atomic mass is 10.1. The third kappa shape index (κ3) is 4.73. The van der Waals surface area contributed by atoms with Gasteiger partial charge in [-0.05, 0) is 17.7 Å². The molecule has 7 nitrogen and oxygen atoms in total. The van der Waals surface area contributed by atoms with Gasteiger partial charge in [0.1, 0.15) is 11.0 Å². The van der Waals surface area contributed by atoms with E-state index in [-0.39, 0.29) is 11.2 Å². The predicted molar refractivity (Wildman–Crippen MR) is 108 cm³/mol. The highest BCUT2D eigenvalue weighted by Gasteiger charge is 2.29. The van der Waals surface area contributed by atoms with Crippen LogP contribution in [-0.4, -0.2) is 47.3 Å². The second-order valence-electron chi connectivity index (χ2n) is 6.15. The number of aromatic nitrogens is 2. The first-order valence-corrected chi connectivity index (χ1v) is 10.7. The Balaban J connectivity index is 1.47. The number of amides is 1. The van der Waals surface area contributed by atoms with Crippen molar-refractivity contribution in [3.8, 4) is 0 Å². The third-order valence-electron chi connectivity index (χ3n) is 4.27. The van der Waals surface area contributed by atoms with E-state index in [1.54, 1.807) is 6.26 Å². The Morgan fingerprint density at radius 3 is 2.75 bits per heavy atom. The van der Waals surface area contributed by atoms with Crippen LogP contribution in [0.25, 0.3) is 0 Å². The Labute approximate surface area is 171 Å². The summed E-state index contributed by atoms with van der Waals surface area (Å²) in [7, 11) is 0. The predicted octanol–water partition coefficient (Wildman–Crippen LogP) is 3.44. The molecule has 3 aromatic rings.